The van der Waals surface area contributed by atoms with E-state index in [9.17, 15) is 9.59 Å². The average molecular weight is 100 g/mol. The zero-order chi connectivity index (χ0) is 5.70. The van der Waals surface area contributed by atoms with Gasteiger partial charge in [-0.25, -0.2) is 0 Å². The third-order valence-corrected chi connectivity index (χ3v) is 0.585. The largest absolute Gasteiger partial charge is 0.318 e. The lowest BCUT2D eigenvalue weighted by Crippen LogP contribution is -2.18. The van der Waals surface area contributed by atoms with E-state index in [1.54, 1.807) is 6.92 Å². The molecular weight excluding hydrogens is 94.0 g/mol. The molecule has 0 aliphatic carbocycles. The highest BCUT2D eigenvalue weighted by Gasteiger charge is 1.90. The Kier molecular flexibility index (Phi) is 2.92. The van der Waals surface area contributed by atoms with Crippen molar-refractivity contribution in [1.82, 2.24) is 4.90 Å². The Bertz CT molecular complexity index is 64.1. The lowest BCUT2D eigenvalue weighted by Gasteiger charge is -1.98. The number of imide groups is 1. The van der Waals surface area contributed by atoms with Crippen molar-refractivity contribution in [3.05, 3.63) is 0 Å². The molecule has 0 saturated heterocycles. The number of rotatable bonds is 3. The summed E-state index contributed by atoms with van der Waals surface area (Å²) in [4.78, 5) is 20.1. The van der Waals surface area contributed by atoms with Gasteiger partial charge in [0, 0.05) is 6.54 Å². The zero-order valence-electron chi connectivity index (χ0n) is 4.05. The molecule has 0 aliphatic rings. The van der Waals surface area contributed by atoms with Crippen molar-refractivity contribution in [3.8, 4) is 0 Å². The monoisotopic (exact) mass is 100 g/mol. The van der Waals surface area contributed by atoms with E-state index in [0.717, 1.165) is 4.90 Å². The zero-order valence-corrected chi connectivity index (χ0v) is 4.05. The van der Waals surface area contributed by atoms with Crippen molar-refractivity contribution in [1.29, 1.82) is 0 Å². The minimum absolute atomic E-state index is 0.396. The van der Waals surface area contributed by atoms with Crippen LogP contribution in [0.1, 0.15) is 6.92 Å². The second-order valence-corrected chi connectivity index (χ2v) is 0.983. The molecule has 0 saturated carbocycles. The number of carbonyl (C=O) groups is 1. The Morgan fingerprint density at radius 1 is 1.86 bits per heavy atom. The molecular formula is C4H6NO2. The molecule has 0 aromatic rings. The van der Waals surface area contributed by atoms with Gasteiger partial charge in [0.05, 0.1) is 0 Å². The van der Waals surface area contributed by atoms with Gasteiger partial charge >= 0.3 is 6.41 Å². The predicted octanol–water partition coefficient (Wildman–Crippen LogP) is -0.468. The van der Waals surface area contributed by atoms with Crippen molar-refractivity contribution in [2.45, 2.75) is 6.92 Å². The molecule has 0 aromatic carbocycles. The Balaban J connectivity index is 3.36. The lowest BCUT2D eigenvalue weighted by atomic mass is 10.7. The Morgan fingerprint density at radius 2 is 2.43 bits per heavy atom. The van der Waals surface area contributed by atoms with Gasteiger partial charge in [0.15, 0.2) is 0 Å². The molecule has 0 unspecified atom stereocenters. The van der Waals surface area contributed by atoms with E-state index < -0.39 is 0 Å². The summed E-state index contributed by atoms with van der Waals surface area (Å²) >= 11 is 0. The van der Waals surface area contributed by atoms with E-state index in [0.29, 0.717) is 13.0 Å². The fourth-order valence-electron chi connectivity index (χ4n) is 0.161. The van der Waals surface area contributed by atoms with Crippen LogP contribution in [-0.2, 0) is 9.59 Å². The van der Waals surface area contributed by atoms with E-state index in [-0.39, 0.29) is 0 Å². The number of hydrogen-bond acceptors (Lipinski definition) is 2. The van der Waals surface area contributed by atoms with Crippen LogP contribution < -0.4 is 0 Å². The summed E-state index contributed by atoms with van der Waals surface area (Å²) in [6.45, 7) is 2.09. The van der Waals surface area contributed by atoms with Gasteiger partial charge < -0.3 is 0 Å². The molecule has 0 spiro atoms. The molecule has 0 aromatic heterocycles. The number of nitrogens with zero attached hydrogens (tertiary/aromatic N) is 1. The van der Waals surface area contributed by atoms with E-state index in [4.69, 9.17) is 0 Å². The fourth-order valence-corrected chi connectivity index (χ4v) is 0.161. The molecule has 0 aliphatic heterocycles. The van der Waals surface area contributed by atoms with Crippen LogP contribution in [0.2, 0.25) is 0 Å². The maximum Gasteiger partial charge on any atom is 0.318 e. The number of hydrogen-bond donors (Lipinski definition) is 0. The second-order valence-electron chi connectivity index (χ2n) is 0.983. The van der Waals surface area contributed by atoms with E-state index in [2.05, 4.69) is 0 Å². The number of amides is 2. The maximum atomic E-state index is 9.63. The van der Waals surface area contributed by atoms with E-state index in [1.165, 1.54) is 6.41 Å². The second kappa shape index (κ2) is 3.33. The summed E-state index contributed by atoms with van der Waals surface area (Å²) in [6.07, 6.45) is 1.85. The molecule has 0 N–H and O–H groups in total. The standard InChI is InChI=1S/C4H6NO2/c1-2-5(3-6)4-7/h3H,2H2,1H3. The van der Waals surface area contributed by atoms with Crippen LogP contribution in [0.4, 0.5) is 0 Å². The normalized spacial score (nSPS) is 7.57. The first-order valence-corrected chi connectivity index (χ1v) is 1.94. The molecule has 0 atom stereocenters. The highest BCUT2D eigenvalue weighted by Crippen LogP contribution is 1.68. The van der Waals surface area contributed by atoms with E-state index >= 15 is 0 Å². The number of carbonyl (C=O) groups excluding carboxylic acids is 2. The highest BCUT2D eigenvalue weighted by molar-refractivity contribution is 5.68. The van der Waals surface area contributed by atoms with Crippen molar-refractivity contribution in [2.24, 2.45) is 0 Å². The van der Waals surface area contributed by atoms with Gasteiger partial charge in [-0.3, -0.25) is 14.5 Å². The summed E-state index contributed by atoms with van der Waals surface area (Å²) in [5.74, 6) is 0. The third-order valence-electron chi connectivity index (χ3n) is 0.585. The van der Waals surface area contributed by atoms with Gasteiger partial charge in [-0.15, -0.1) is 0 Å². The summed E-state index contributed by atoms with van der Waals surface area (Å²) in [5, 5.41) is 0. The van der Waals surface area contributed by atoms with Gasteiger partial charge in [0.1, 0.15) is 0 Å². The SMILES string of the molecule is CCN([C]=O)C=O. The third kappa shape index (κ3) is 1.92. The molecule has 3 nitrogen and oxygen atoms in total. The van der Waals surface area contributed by atoms with Crippen molar-refractivity contribution in [3.63, 3.8) is 0 Å². The summed E-state index contributed by atoms with van der Waals surface area (Å²) in [5.41, 5.74) is 0. The Morgan fingerprint density at radius 3 is 2.43 bits per heavy atom. The minimum Gasteiger partial charge on any atom is -0.278 e. The van der Waals surface area contributed by atoms with E-state index in [1.807, 2.05) is 0 Å². The molecule has 39 valence electrons. The topological polar surface area (TPSA) is 37.4 Å². The molecule has 2 amide bonds. The average Bonchev–Trinajstić information content (AvgIpc) is 1.72. The molecule has 3 heteroatoms. The molecule has 0 heterocycles. The first kappa shape index (κ1) is 6.14. The Labute approximate surface area is 41.9 Å². The van der Waals surface area contributed by atoms with Crippen LogP contribution in [0.3, 0.4) is 0 Å². The van der Waals surface area contributed by atoms with Crippen molar-refractivity contribution < 1.29 is 9.59 Å². The molecule has 0 bridgehead atoms. The first-order chi connectivity index (χ1) is 3.35. The van der Waals surface area contributed by atoms with Crippen LogP contribution in [-0.4, -0.2) is 24.3 Å². The van der Waals surface area contributed by atoms with Crippen LogP contribution in [0, 0.1) is 0 Å². The lowest BCUT2D eigenvalue weighted by molar-refractivity contribution is -0.114. The Hall–Kier alpha value is -0.860. The smallest absolute Gasteiger partial charge is 0.278 e. The summed E-state index contributed by atoms with van der Waals surface area (Å²) < 4.78 is 0. The van der Waals surface area contributed by atoms with Gasteiger partial charge in [0.25, 0.3) is 0 Å². The van der Waals surface area contributed by atoms with Crippen molar-refractivity contribution >= 4 is 12.8 Å². The van der Waals surface area contributed by atoms with Gasteiger partial charge in [-0.1, -0.05) is 0 Å². The maximum absolute atomic E-state index is 9.63. The van der Waals surface area contributed by atoms with Gasteiger partial charge in [0.2, 0.25) is 6.41 Å². The summed E-state index contributed by atoms with van der Waals surface area (Å²) in [7, 11) is 0. The van der Waals surface area contributed by atoms with Crippen molar-refractivity contribution in [2.75, 3.05) is 6.54 Å². The van der Waals surface area contributed by atoms with Crippen LogP contribution in [0.25, 0.3) is 0 Å². The quantitative estimate of drug-likeness (QED) is 0.355. The minimum atomic E-state index is 0.396. The molecule has 7 heavy (non-hydrogen) atoms. The van der Waals surface area contributed by atoms with Crippen LogP contribution >= 0.6 is 0 Å². The molecule has 0 fully saturated rings. The van der Waals surface area contributed by atoms with Gasteiger partial charge in [-0.2, -0.15) is 0 Å². The first-order valence-electron chi connectivity index (χ1n) is 1.94. The fraction of sp³-hybridized carbons (Fsp3) is 0.500. The predicted molar refractivity (Wildman–Crippen MR) is 24.1 cm³/mol. The molecule has 0 rings (SSSR count). The molecule has 1 radical (unpaired) electrons. The highest BCUT2D eigenvalue weighted by atomic mass is 16.2. The van der Waals surface area contributed by atoms with Crippen LogP contribution in [0.15, 0.2) is 0 Å². The van der Waals surface area contributed by atoms with Crippen LogP contribution in [0.5, 0.6) is 0 Å². The van der Waals surface area contributed by atoms with Gasteiger partial charge in [-0.05, 0) is 6.92 Å². The summed E-state index contributed by atoms with van der Waals surface area (Å²) in [6, 6.07) is 0.